The van der Waals surface area contributed by atoms with Crippen LogP contribution in [0.25, 0.3) is 0 Å². The molecule has 3 aromatic rings. The molecule has 2 aromatic heterocycles. The highest BCUT2D eigenvalue weighted by Crippen LogP contribution is 2.30. The molecular formula is C20H19FN4O3S. The first-order chi connectivity index (χ1) is 14.1. The zero-order valence-electron chi connectivity index (χ0n) is 15.5. The monoisotopic (exact) mass is 414 g/mol. The SMILES string of the molecule is O=C(Nc1ccon1)c1csc(C2CCN(C(=O)Cc3ccc(F)cc3)CC2)n1. The van der Waals surface area contributed by atoms with E-state index in [1.54, 1.807) is 23.6 Å². The molecule has 7 nitrogen and oxygen atoms in total. The van der Waals surface area contributed by atoms with Crippen molar-refractivity contribution in [2.24, 2.45) is 0 Å². The van der Waals surface area contributed by atoms with Gasteiger partial charge in [0.15, 0.2) is 5.82 Å². The Balaban J connectivity index is 1.30. The van der Waals surface area contributed by atoms with E-state index in [4.69, 9.17) is 4.52 Å². The number of likely N-dealkylation sites (tertiary alicyclic amines) is 1. The van der Waals surface area contributed by atoms with Gasteiger partial charge in [-0.3, -0.25) is 9.59 Å². The van der Waals surface area contributed by atoms with Gasteiger partial charge in [-0.15, -0.1) is 11.3 Å². The standard InChI is InChI=1S/C20H19FN4O3S/c21-15-3-1-13(2-4-15)11-18(26)25-8-5-14(6-9-25)20-22-16(12-29-20)19(27)23-17-7-10-28-24-17/h1-4,7,10,12,14H,5-6,8-9,11H2,(H,23,24,27). The van der Waals surface area contributed by atoms with E-state index in [2.05, 4.69) is 15.5 Å². The lowest BCUT2D eigenvalue weighted by atomic mass is 9.97. The second-order valence-corrected chi connectivity index (χ2v) is 7.76. The summed E-state index contributed by atoms with van der Waals surface area (Å²) in [6, 6.07) is 7.58. The summed E-state index contributed by atoms with van der Waals surface area (Å²) in [5.41, 5.74) is 1.16. The summed E-state index contributed by atoms with van der Waals surface area (Å²) in [4.78, 5) is 31.0. The van der Waals surface area contributed by atoms with Gasteiger partial charge in [0.2, 0.25) is 5.91 Å². The summed E-state index contributed by atoms with van der Waals surface area (Å²) in [6.07, 6.45) is 3.25. The van der Waals surface area contributed by atoms with Crippen LogP contribution in [0.15, 0.2) is 46.5 Å². The molecule has 0 atom stereocenters. The minimum Gasteiger partial charge on any atom is -0.363 e. The summed E-state index contributed by atoms with van der Waals surface area (Å²) >= 11 is 1.46. The van der Waals surface area contributed by atoms with Crippen molar-refractivity contribution in [3.8, 4) is 0 Å². The fourth-order valence-corrected chi connectivity index (χ4v) is 4.27. The minimum absolute atomic E-state index is 0.0434. The number of thiazole rings is 1. The highest BCUT2D eigenvalue weighted by molar-refractivity contribution is 7.10. The van der Waals surface area contributed by atoms with Crippen LogP contribution < -0.4 is 5.32 Å². The lowest BCUT2D eigenvalue weighted by Crippen LogP contribution is -2.38. The number of carbonyl (C=O) groups excluding carboxylic acids is 2. The topological polar surface area (TPSA) is 88.3 Å². The van der Waals surface area contributed by atoms with Crippen molar-refractivity contribution >= 4 is 29.0 Å². The van der Waals surface area contributed by atoms with Crippen molar-refractivity contribution < 1.29 is 18.5 Å². The maximum absolute atomic E-state index is 13.0. The first-order valence-corrected chi connectivity index (χ1v) is 10.2. The predicted octanol–water partition coefficient (Wildman–Crippen LogP) is 3.47. The lowest BCUT2D eigenvalue weighted by Gasteiger charge is -2.31. The van der Waals surface area contributed by atoms with Gasteiger partial charge in [-0.25, -0.2) is 9.37 Å². The molecule has 1 N–H and O–H groups in total. The third-order valence-electron chi connectivity index (χ3n) is 4.90. The van der Waals surface area contributed by atoms with Crippen LogP contribution in [0, 0.1) is 5.82 Å². The molecule has 4 rings (SSSR count). The van der Waals surface area contributed by atoms with E-state index < -0.39 is 0 Å². The average molecular weight is 414 g/mol. The number of halogens is 1. The van der Waals surface area contributed by atoms with Crippen LogP contribution in [0.4, 0.5) is 10.2 Å². The molecule has 1 fully saturated rings. The van der Waals surface area contributed by atoms with Gasteiger partial charge in [-0.05, 0) is 30.5 Å². The molecule has 0 unspecified atom stereocenters. The van der Waals surface area contributed by atoms with Crippen LogP contribution in [-0.2, 0) is 11.2 Å². The van der Waals surface area contributed by atoms with Gasteiger partial charge < -0.3 is 14.7 Å². The molecule has 2 amide bonds. The highest BCUT2D eigenvalue weighted by atomic mass is 32.1. The van der Waals surface area contributed by atoms with Crippen molar-refractivity contribution in [2.75, 3.05) is 18.4 Å². The zero-order chi connectivity index (χ0) is 20.2. The molecule has 29 heavy (non-hydrogen) atoms. The van der Waals surface area contributed by atoms with Crippen LogP contribution in [-0.4, -0.2) is 39.9 Å². The lowest BCUT2D eigenvalue weighted by molar-refractivity contribution is -0.131. The summed E-state index contributed by atoms with van der Waals surface area (Å²) < 4.78 is 17.7. The number of benzene rings is 1. The van der Waals surface area contributed by atoms with Gasteiger partial charge >= 0.3 is 0 Å². The smallest absolute Gasteiger partial charge is 0.276 e. The normalized spacial score (nSPS) is 14.7. The number of nitrogens with zero attached hydrogens (tertiary/aromatic N) is 3. The Bertz CT molecular complexity index is 980. The van der Waals surface area contributed by atoms with E-state index in [-0.39, 0.29) is 30.0 Å². The molecule has 0 spiro atoms. The molecule has 9 heteroatoms. The average Bonchev–Trinajstić information content (AvgIpc) is 3.42. The van der Waals surface area contributed by atoms with Gasteiger partial charge in [0.25, 0.3) is 5.91 Å². The summed E-state index contributed by atoms with van der Waals surface area (Å²) in [7, 11) is 0. The van der Waals surface area contributed by atoms with E-state index in [1.807, 2.05) is 4.90 Å². The van der Waals surface area contributed by atoms with E-state index in [0.717, 1.165) is 23.4 Å². The van der Waals surface area contributed by atoms with E-state index >= 15 is 0 Å². The third kappa shape index (κ3) is 4.68. The number of hydrogen-bond acceptors (Lipinski definition) is 6. The molecule has 1 aromatic carbocycles. The Morgan fingerprint density at radius 3 is 2.66 bits per heavy atom. The van der Waals surface area contributed by atoms with E-state index in [9.17, 15) is 14.0 Å². The van der Waals surface area contributed by atoms with Gasteiger partial charge in [0.05, 0.1) is 11.4 Å². The van der Waals surface area contributed by atoms with Crippen molar-refractivity contribution in [3.05, 3.63) is 64.1 Å². The van der Waals surface area contributed by atoms with Crippen LogP contribution in [0.1, 0.15) is 39.8 Å². The van der Waals surface area contributed by atoms with Crippen molar-refractivity contribution in [2.45, 2.75) is 25.2 Å². The Labute approximate surface area is 170 Å². The van der Waals surface area contributed by atoms with Gasteiger partial charge in [-0.1, -0.05) is 17.3 Å². The zero-order valence-corrected chi connectivity index (χ0v) is 16.3. The number of amides is 2. The van der Waals surface area contributed by atoms with Gasteiger partial charge in [0, 0.05) is 30.5 Å². The molecule has 0 radical (unpaired) electrons. The van der Waals surface area contributed by atoms with Crippen LogP contribution in [0.2, 0.25) is 0 Å². The Morgan fingerprint density at radius 2 is 1.97 bits per heavy atom. The number of anilines is 1. The van der Waals surface area contributed by atoms with E-state index in [0.29, 0.717) is 24.6 Å². The summed E-state index contributed by atoms with van der Waals surface area (Å²) in [6.45, 7) is 1.29. The van der Waals surface area contributed by atoms with Crippen molar-refractivity contribution in [3.63, 3.8) is 0 Å². The minimum atomic E-state index is -0.326. The Morgan fingerprint density at radius 1 is 1.21 bits per heavy atom. The second-order valence-electron chi connectivity index (χ2n) is 6.87. The van der Waals surface area contributed by atoms with Crippen LogP contribution >= 0.6 is 11.3 Å². The summed E-state index contributed by atoms with van der Waals surface area (Å²) in [5, 5.41) is 8.91. The molecule has 150 valence electrons. The molecule has 0 aliphatic carbocycles. The van der Waals surface area contributed by atoms with Gasteiger partial charge in [-0.2, -0.15) is 0 Å². The van der Waals surface area contributed by atoms with E-state index in [1.165, 1.54) is 29.7 Å². The number of rotatable bonds is 5. The maximum Gasteiger partial charge on any atom is 0.276 e. The first-order valence-electron chi connectivity index (χ1n) is 9.28. The first kappa shape index (κ1) is 19.3. The number of aromatic nitrogens is 2. The number of carbonyl (C=O) groups is 2. The van der Waals surface area contributed by atoms with Gasteiger partial charge in [0.1, 0.15) is 17.8 Å². The molecule has 3 heterocycles. The third-order valence-corrected chi connectivity index (χ3v) is 5.91. The maximum atomic E-state index is 13.0. The summed E-state index contributed by atoms with van der Waals surface area (Å²) in [5.74, 6) is -0.0178. The fraction of sp³-hybridized carbons (Fsp3) is 0.300. The molecule has 0 saturated carbocycles. The fourth-order valence-electron chi connectivity index (χ4n) is 3.30. The number of hydrogen-bond donors (Lipinski definition) is 1. The molecule has 1 aliphatic rings. The van der Waals surface area contributed by atoms with Crippen LogP contribution in [0.3, 0.4) is 0 Å². The predicted molar refractivity (Wildman–Crippen MR) is 105 cm³/mol. The number of nitrogens with one attached hydrogen (secondary N) is 1. The quantitative estimate of drug-likeness (QED) is 0.691. The Hall–Kier alpha value is -3.07. The highest BCUT2D eigenvalue weighted by Gasteiger charge is 2.26. The largest absolute Gasteiger partial charge is 0.363 e. The molecule has 1 aliphatic heterocycles. The van der Waals surface area contributed by atoms with Crippen molar-refractivity contribution in [1.82, 2.24) is 15.0 Å². The molecule has 1 saturated heterocycles. The van der Waals surface area contributed by atoms with Crippen molar-refractivity contribution in [1.29, 1.82) is 0 Å². The Kier molecular flexibility index (Phi) is 5.66. The molecule has 0 bridgehead atoms. The molecular weight excluding hydrogens is 395 g/mol. The number of piperidine rings is 1. The van der Waals surface area contributed by atoms with Crippen LogP contribution in [0.5, 0.6) is 0 Å². The second kappa shape index (κ2) is 8.52.